The Bertz CT molecular complexity index is 886. The number of likely N-dealkylation sites (tertiary alicyclic amines) is 1. The Morgan fingerprint density at radius 3 is 2.88 bits per heavy atom. The van der Waals surface area contributed by atoms with Crippen LogP contribution in [0.15, 0.2) is 48.0 Å². The van der Waals surface area contributed by atoms with Crippen LogP contribution in [0.3, 0.4) is 0 Å². The van der Waals surface area contributed by atoms with Gasteiger partial charge in [0.1, 0.15) is 0 Å². The lowest BCUT2D eigenvalue weighted by atomic mass is 9.93. The molecule has 24 heavy (non-hydrogen) atoms. The quantitative estimate of drug-likeness (QED) is 0.684. The first-order valence-electron chi connectivity index (χ1n) is 8.40. The average molecular weight is 336 g/mol. The van der Waals surface area contributed by atoms with E-state index in [1.807, 2.05) is 35.5 Å². The second-order valence-electron chi connectivity index (χ2n) is 6.49. The van der Waals surface area contributed by atoms with E-state index in [1.54, 1.807) is 11.3 Å². The number of thiophene rings is 1. The number of nitrogens with zero attached hydrogens (tertiary/aromatic N) is 2. The van der Waals surface area contributed by atoms with Crippen molar-refractivity contribution in [3.63, 3.8) is 0 Å². The summed E-state index contributed by atoms with van der Waals surface area (Å²) < 4.78 is 0. The van der Waals surface area contributed by atoms with Crippen molar-refractivity contribution in [2.45, 2.75) is 25.7 Å². The van der Waals surface area contributed by atoms with Gasteiger partial charge >= 0.3 is 0 Å². The molecule has 0 unspecified atom stereocenters. The van der Waals surface area contributed by atoms with Crippen molar-refractivity contribution in [2.75, 3.05) is 13.1 Å². The molecule has 1 amide bonds. The van der Waals surface area contributed by atoms with E-state index in [0.717, 1.165) is 37.2 Å². The van der Waals surface area contributed by atoms with Crippen LogP contribution in [0.1, 0.15) is 39.7 Å². The van der Waals surface area contributed by atoms with Gasteiger partial charge in [-0.15, -0.1) is 11.3 Å². The molecule has 1 aliphatic rings. The van der Waals surface area contributed by atoms with E-state index in [0.29, 0.717) is 5.92 Å². The van der Waals surface area contributed by atoms with Crippen LogP contribution in [0.4, 0.5) is 0 Å². The second kappa shape index (κ2) is 6.36. The van der Waals surface area contributed by atoms with Crippen molar-refractivity contribution in [1.29, 1.82) is 0 Å². The van der Waals surface area contributed by atoms with E-state index in [1.165, 1.54) is 15.6 Å². The fourth-order valence-electron chi connectivity index (χ4n) is 3.47. The number of amides is 1. The van der Waals surface area contributed by atoms with E-state index >= 15 is 0 Å². The lowest BCUT2D eigenvalue weighted by molar-refractivity contribution is 0.0706. The van der Waals surface area contributed by atoms with Gasteiger partial charge in [0, 0.05) is 46.5 Å². The zero-order valence-corrected chi connectivity index (χ0v) is 14.6. The van der Waals surface area contributed by atoms with Crippen LogP contribution in [0.2, 0.25) is 0 Å². The zero-order valence-electron chi connectivity index (χ0n) is 13.7. The molecule has 1 aromatic carbocycles. The molecule has 3 aromatic rings. The molecule has 0 spiro atoms. The Morgan fingerprint density at radius 2 is 2.08 bits per heavy atom. The van der Waals surface area contributed by atoms with Gasteiger partial charge in [-0.05, 0) is 37.3 Å². The molecule has 3 heterocycles. The zero-order chi connectivity index (χ0) is 16.5. The van der Waals surface area contributed by atoms with E-state index in [2.05, 4.69) is 29.2 Å². The van der Waals surface area contributed by atoms with Gasteiger partial charge in [-0.25, -0.2) is 0 Å². The number of hydrogen-bond donors (Lipinski definition) is 0. The third-order valence-corrected chi connectivity index (χ3v) is 5.62. The standard InChI is InChI=1S/C20H20N2OS/c1-14-9-18(13-24-14)20(23)22-8-4-7-17(12-22)19-10-15-5-2-3-6-16(15)11-21-19/h2-3,5-6,9-11,13,17H,4,7-8,12H2,1H3/t17-/m1/s1. The number of carbonyl (C=O) groups is 1. The number of carbonyl (C=O) groups excluding carboxylic acids is 1. The van der Waals surface area contributed by atoms with Gasteiger partial charge in [0.05, 0.1) is 5.56 Å². The number of piperidine rings is 1. The predicted molar refractivity (Wildman–Crippen MR) is 98.7 cm³/mol. The molecule has 0 saturated carbocycles. The van der Waals surface area contributed by atoms with Crippen molar-refractivity contribution in [3.05, 3.63) is 64.1 Å². The first-order chi connectivity index (χ1) is 11.7. The largest absolute Gasteiger partial charge is 0.338 e. The van der Waals surface area contributed by atoms with Gasteiger partial charge in [-0.2, -0.15) is 0 Å². The Hall–Kier alpha value is -2.20. The normalized spacial score (nSPS) is 18.0. The van der Waals surface area contributed by atoms with Crippen molar-refractivity contribution >= 4 is 28.0 Å². The molecule has 0 aliphatic carbocycles. The van der Waals surface area contributed by atoms with Crippen LogP contribution in [0.5, 0.6) is 0 Å². The molecular formula is C20H20N2OS. The summed E-state index contributed by atoms with van der Waals surface area (Å²) in [5.74, 6) is 0.483. The molecule has 1 saturated heterocycles. The molecule has 1 fully saturated rings. The van der Waals surface area contributed by atoms with Crippen molar-refractivity contribution in [1.82, 2.24) is 9.88 Å². The van der Waals surface area contributed by atoms with Crippen molar-refractivity contribution in [3.8, 4) is 0 Å². The Labute approximate surface area is 146 Å². The van der Waals surface area contributed by atoms with Crippen LogP contribution in [-0.2, 0) is 0 Å². The first kappa shape index (κ1) is 15.3. The van der Waals surface area contributed by atoms with Crippen LogP contribution in [0.25, 0.3) is 10.8 Å². The van der Waals surface area contributed by atoms with Crippen LogP contribution in [0, 0.1) is 6.92 Å². The van der Waals surface area contributed by atoms with Crippen molar-refractivity contribution < 1.29 is 4.79 Å². The van der Waals surface area contributed by atoms with Gasteiger partial charge in [0.15, 0.2) is 0 Å². The lowest BCUT2D eigenvalue weighted by Crippen LogP contribution is -2.39. The highest BCUT2D eigenvalue weighted by Gasteiger charge is 2.26. The van der Waals surface area contributed by atoms with Crippen LogP contribution in [-0.4, -0.2) is 28.9 Å². The molecule has 3 nitrogen and oxygen atoms in total. The van der Waals surface area contributed by atoms with E-state index in [4.69, 9.17) is 0 Å². The SMILES string of the molecule is Cc1cc(C(=O)N2CCC[C@@H](c3cc4ccccc4cn3)C2)cs1. The maximum absolute atomic E-state index is 12.7. The highest BCUT2D eigenvalue weighted by atomic mass is 32.1. The summed E-state index contributed by atoms with van der Waals surface area (Å²) in [6, 6.07) is 12.5. The number of fused-ring (bicyclic) bond motifs is 1. The summed E-state index contributed by atoms with van der Waals surface area (Å²) in [5.41, 5.74) is 1.93. The van der Waals surface area contributed by atoms with Crippen LogP contribution < -0.4 is 0 Å². The lowest BCUT2D eigenvalue weighted by Gasteiger charge is -2.32. The Kier molecular flexibility index (Phi) is 4.07. The highest BCUT2D eigenvalue weighted by Crippen LogP contribution is 2.29. The van der Waals surface area contributed by atoms with E-state index in [-0.39, 0.29) is 5.91 Å². The van der Waals surface area contributed by atoms with Gasteiger partial charge in [0.25, 0.3) is 5.91 Å². The van der Waals surface area contributed by atoms with Gasteiger partial charge in [0.2, 0.25) is 0 Å². The summed E-state index contributed by atoms with van der Waals surface area (Å²) in [6.07, 6.45) is 4.08. The fraction of sp³-hybridized carbons (Fsp3) is 0.300. The van der Waals surface area contributed by atoms with Gasteiger partial charge in [-0.3, -0.25) is 9.78 Å². The van der Waals surface area contributed by atoms with E-state index in [9.17, 15) is 4.79 Å². The number of aryl methyl sites for hydroxylation is 1. The summed E-state index contributed by atoms with van der Waals surface area (Å²) in [7, 11) is 0. The summed E-state index contributed by atoms with van der Waals surface area (Å²) in [6.45, 7) is 3.65. The van der Waals surface area contributed by atoms with Crippen molar-refractivity contribution in [2.24, 2.45) is 0 Å². The molecule has 2 aromatic heterocycles. The monoisotopic (exact) mass is 336 g/mol. The molecule has 4 rings (SSSR count). The molecule has 0 N–H and O–H groups in total. The van der Waals surface area contributed by atoms with Gasteiger partial charge in [-0.1, -0.05) is 24.3 Å². The first-order valence-corrected chi connectivity index (χ1v) is 9.28. The maximum Gasteiger partial charge on any atom is 0.254 e. The average Bonchev–Trinajstić information content (AvgIpc) is 3.07. The molecule has 1 aliphatic heterocycles. The van der Waals surface area contributed by atoms with Crippen LogP contribution >= 0.6 is 11.3 Å². The number of hydrogen-bond acceptors (Lipinski definition) is 3. The minimum atomic E-state index is 0.157. The molecular weight excluding hydrogens is 316 g/mol. The Balaban J connectivity index is 1.56. The number of benzene rings is 1. The summed E-state index contributed by atoms with van der Waals surface area (Å²) in [4.78, 5) is 20.6. The number of aromatic nitrogens is 1. The summed E-state index contributed by atoms with van der Waals surface area (Å²) >= 11 is 1.64. The third kappa shape index (κ3) is 2.94. The fourth-order valence-corrected chi connectivity index (χ4v) is 4.14. The molecule has 0 radical (unpaired) electrons. The van der Waals surface area contributed by atoms with Gasteiger partial charge < -0.3 is 4.90 Å². The number of pyridine rings is 1. The molecule has 4 heteroatoms. The topological polar surface area (TPSA) is 33.2 Å². The molecule has 1 atom stereocenters. The van der Waals surface area contributed by atoms with E-state index < -0.39 is 0 Å². The Morgan fingerprint density at radius 1 is 1.25 bits per heavy atom. The molecule has 0 bridgehead atoms. The third-order valence-electron chi connectivity index (χ3n) is 4.76. The smallest absolute Gasteiger partial charge is 0.254 e. The second-order valence-corrected chi connectivity index (χ2v) is 7.61. The minimum absolute atomic E-state index is 0.157. The molecule has 122 valence electrons. The predicted octanol–water partition coefficient (Wildman–Crippen LogP) is 4.62. The number of rotatable bonds is 2. The summed E-state index contributed by atoms with van der Waals surface area (Å²) in [5, 5.41) is 4.35. The minimum Gasteiger partial charge on any atom is -0.338 e. The maximum atomic E-state index is 12.7. The highest BCUT2D eigenvalue weighted by molar-refractivity contribution is 7.10.